The van der Waals surface area contributed by atoms with E-state index in [2.05, 4.69) is 22.2 Å². The van der Waals surface area contributed by atoms with Crippen molar-refractivity contribution in [1.29, 1.82) is 0 Å². The average Bonchev–Trinajstić information content (AvgIpc) is 2.38. The Morgan fingerprint density at radius 3 is 3.00 bits per heavy atom. The number of hydrogen-bond acceptors (Lipinski definition) is 6. The van der Waals surface area contributed by atoms with Gasteiger partial charge in [-0.2, -0.15) is 0 Å². The minimum absolute atomic E-state index is 0.00572. The van der Waals surface area contributed by atoms with Gasteiger partial charge in [0, 0.05) is 13.1 Å². The molecule has 0 spiro atoms. The highest BCUT2D eigenvalue weighted by Gasteiger charge is 2.20. The molecule has 0 amide bonds. The van der Waals surface area contributed by atoms with Crippen LogP contribution in [0.15, 0.2) is 12.1 Å². The molecule has 2 heterocycles. The van der Waals surface area contributed by atoms with Crippen molar-refractivity contribution in [3.05, 3.63) is 22.2 Å². The molecule has 0 bridgehead atoms. The van der Waals surface area contributed by atoms with Crippen molar-refractivity contribution in [2.75, 3.05) is 23.4 Å². The molecule has 1 aliphatic rings. The van der Waals surface area contributed by atoms with Gasteiger partial charge in [-0.25, -0.2) is 10.8 Å². The Bertz CT molecular complexity index is 451. The predicted octanol–water partition coefficient (Wildman–Crippen LogP) is 1.51. The van der Waals surface area contributed by atoms with E-state index < -0.39 is 4.92 Å². The standard InChI is InChI=1S/C11H17N5O2/c1-8-3-2-4-15(7-8)11-6-9(16(17)18)5-10(13-11)14-12/h5-6,8H,2-4,7,12H2,1H3,(H,13,14). The number of nitrogens with zero attached hydrogens (tertiary/aromatic N) is 3. The van der Waals surface area contributed by atoms with Crippen LogP contribution in [0, 0.1) is 16.0 Å². The third kappa shape index (κ3) is 2.67. The van der Waals surface area contributed by atoms with Gasteiger partial charge in [0.2, 0.25) is 0 Å². The Labute approximate surface area is 105 Å². The number of nitrogens with one attached hydrogen (secondary N) is 1. The first-order chi connectivity index (χ1) is 8.60. The lowest BCUT2D eigenvalue weighted by Crippen LogP contribution is -2.35. The second kappa shape index (κ2) is 5.18. The smallest absolute Gasteiger partial charge is 0.276 e. The first kappa shape index (κ1) is 12.6. The topological polar surface area (TPSA) is 97.3 Å². The molecular weight excluding hydrogens is 234 g/mol. The molecule has 1 unspecified atom stereocenters. The Morgan fingerprint density at radius 1 is 1.61 bits per heavy atom. The highest BCUT2D eigenvalue weighted by atomic mass is 16.6. The van der Waals surface area contributed by atoms with Gasteiger partial charge in [0.1, 0.15) is 11.6 Å². The van der Waals surface area contributed by atoms with Gasteiger partial charge >= 0.3 is 0 Å². The molecule has 1 aliphatic heterocycles. The van der Waals surface area contributed by atoms with Crippen molar-refractivity contribution in [3.8, 4) is 0 Å². The Hall–Kier alpha value is -1.89. The molecule has 0 aliphatic carbocycles. The molecule has 7 heteroatoms. The highest BCUT2D eigenvalue weighted by molar-refractivity contribution is 5.55. The molecule has 0 radical (unpaired) electrons. The second-order valence-electron chi connectivity index (χ2n) is 4.66. The number of aromatic nitrogens is 1. The zero-order valence-electron chi connectivity index (χ0n) is 10.3. The number of hydrazine groups is 1. The monoisotopic (exact) mass is 251 g/mol. The van der Waals surface area contributed by atoms with Crippen molar-refractivity contribution in [2.45, 2.75) is 19.8 Å². The van der Waals surface area contributed by atoms with Gasteiger partial charge < -0.3 is 10.3 Å². The first-order valence-corrected chi connectivity index (χ1v) is 5.98. The molecule has 98 valence electrons. The van der Waals surface area contributed by atoms with E-state index in [-0.39, 0.29) is 5.69 Å². The van der Waals surface area contributed by atoms with E-state index in [0.717, 1.165) is 19.5 Å². The van der Waals surface area contributed by atoms with E-state index in [9.17, 15) is 10.1 Å². The van der Waals surface area contributed by atoms with Gasteiger partial charge in [0.25, 0.3) is 5.69 Å². The van der Waals surface area contributed by atoms with Crippen LogP contribution < -0.4 is 16.2 Å². The molecule has 1 saturated heterocycles. The number of piperidine rings is 1. The minimum Gasteiger partial charge on any atom is -0.356 e. The van der Waals surface area contributed by atoms with E-state index in [1.54, 1.807) is 0 Å². The number of rotatable bonds is 3. The Kier molecular flexibility index (Phi) is 3.61. The summed E-state index contributed by atoms with van der Waals surface area (Å²) in [5.41, 5.74) is 2.38. The molecule has 1 aromatic heterocycles. The molecule has 0 saturated carbocycles. The van der Waals surface area contributed by atoms with Crippen LogP contribution in [0.1, 0.15) is 19.8 Å². The van der Waals surface area contributed by atoms with Gasteiger partial charge in [-0.05, 0) is 18.8 Å². The van der Waals surface area contributed by atoms with Crippen LogP contribution in [0.25, 0.3) is 0 Å². The summed E-state index contributed by atoms with van der Waals surface area (Å²) in [6.07, 6.45) is 2.27. The van der Waals surface area contributed by atoms with E-state index in [1.165, 1.54) is 18.6 Å². The summed E-state index contributed by atoms with van der Waals surface area (Å²) < 4.78 is 0. The summed E-state index contributed by atoms with van der Waals surface area (Å²) in [6.45, 7) is 3.92. The molecule has 7 nitrogen and oxygen atoms in total. The maximum absolute atomic E-state index is 10.9. The van der Waals surface area contributed by atoms with Gasteiger partial charge in [-0.1, -0.05) is 6.92 Å². The fraction of sp³-hybridized carbons (Fsp3) is 0.545. The number of anilines is 2. The summed E-state index contributed by atoms with van der Waals surface area (Å²) in [5.74, 6) is 6.80. The summed E-state index contributed by atoms with van der Waals surface area (Å²) in [4.78, 5) is 16.8. The van der Waals surface area contributed by atoms with Crippen LogP contribution >= 0.6 is 0 Å². The zero-order chi connectivity index (χ0) is 13.1. The number of hydrogen-bond donors (Lipinski definition) is 2. The maximum atomic E-state index is 10.9. The Balaban J connectivity index is 2.31. The molecule has 0 aromatic carbocycles. The van der Waals surface area contributed by atoms with Crippen LogP contribution in [0.4, 0.5) is 17.3 Å². The van der Waals surface area contributed by atoms with Gasteiger partial charge in [0.15, 0.2) is 0 Å². The largest absolute Gasteiger partial charge is 0.356 e. The van der Waals surface area contributed by atoms with Crippen molar-refractivity contribution in [2.24, 2.45) is 11.8 Å². The van der Waals surface area contributed by atoms with Gasteiger partial charge in [-0.3, -0.25) is 10.1 Å². The molecule has 18 heavy (non-hydrogen) atoms. The van der Waals surface area contributed by atoms with Crippen molar-refractivity contribution >= 4 is 17.3 Å². The van der Waals surface area contributed by atoms with E-state index in [0.29, 0.717) is 17.6 Å². The van der Waals surface area contributed by atoms with E-state index in [1.807, 2.05) is 0 Å². The van der Waals surface area contributed by atoms with E-state index >= 15 is 0 Å². The molecule has 2 rings (SSSR count). The fourth-order valence-electron chi connectivity index (χ4n) is 2.24. The summed E-state index contributed by atoms with van der Waals surface area (Å²) in [5, 5.41) is 10.9. The highest BCUT2D eigenvalue weighted by Crippen LogP contribution is 2.26. The lowest BCUT2D eigenvalue weighted by atomic mass is 10.0. The quantitative estimate of drug-likeness (QED) is 0.480. The van der Waals surface area contributed by atoms with Gasteiger partial charge in [0.05, 0.1) is 17.1 Å². The van der Waals surface area contributed by atoms with Gasteiger partial charge in [-0.15, -0.1) is 0 Å². The number of nitrogen functional groups attached to an aromatic ring is 1. The minimum atomic E-state index is -0.431. The van der Waals surface area contributed by atoms with E-state index in [4.69, 9.17) is 5.84 Å². The number of nitro groups is 1. The normalized spacial score (nSPS) is 19.7. The third-order valence-electron chi connectivity index (χ3n) is 3.14. The molecule has 1 atom stereocenters. The van der Waals surface area contributed by atoms with Crippen LogP contribution in [0.5, 0.6) is 0 Å². The number of nitrogens with two attached hydrogens (primary N) is 1. The maximum Gasteiger partial charge on any atom is 0.276 e. The molecular formula is C11H17N5O2. The number of pyridine rings is 1. The SMILES string of the molecule is CC1CCCN(c2cc([N+](=O)[O-])cc(NN)n2)C1. The lowest BCUT2D eigenvalue weighted by molar-refractivity contribution is -0.384. The fourth-order valence-corrected chi connectivity index (χ4v) is 2.24. The molecule has 3 N–H and O–H groups in total. The van der Waals surface area contributed by atoms with Crippen LogP contribution in [0.3, 0.4) is 0 Å². The second-order valence-corrected chi connectivity index (χ2v) is 4.66. The average molecular weight is 251 g/mol. The third-order valence-corrected chi connectivity index (χ3v) is 3.14. The van der Waals surface area contributed by atoms with Crippen molar-refractivity contribution in [3.63, 3.8) is 0 Å². The van der Waals surface area contributed by atoms with Crippen LogP contribution in [-0.4, -0.2) is 23.0 Å². The lowest BCUT2D eigenvalue weighted by Gasteiger charge is -2.31. The van der Waals surface area contributed by atoms with Crippen LogP contribution in [0.2, 0.25) is 0 Å². The predicted molar refractivity (Wildman–Crippen MR) is 69.3 cm³/mol. The Morgan fingerprint density at radius 2 is 2.39 bits per heavy atom. The summed E-state index contributed by atoms with van der Waals surface area (Å²) in [7, 11) is 0. The molecule has 1 aromatic rings. The summed E-state index contributed by atoms with van der Waals surface area (Å²) in [6, 6.07) is 2.83. The molecule has 1 fully saturated rings. The summed E-state index contributed by atoms with van der Waals surface area (Å²) >= 11 is 0. The van der Waals surface area contributed by atoms with Crippen LogP contribution in [-0.2, 0) is 0 Å². The van der Waals surface area contributed by atoms with Crippen molar-refractivity contribution < 1.29 is 4.92 Å². The van der Waals surface area contributed by atoms with Crippen molar-refractivity contribution in [1.82, 2.24) is 4.98 Å². The zero-order valence-corrected chi connectivity index (χ0v) is 10.3. The first-order valence-electron chi connectivity index (χ1n) is 5.98.